The van der Waals surface area contributed by atoms with E-state index < -0.39 is 0 Å². The van der Waals surface area contributed by atoms with Crippen LogP contribution in [0.2, 0.25) is 0 Å². The van der Waals surface area contributed by atoms with Crippen LogP contribution < -0.4 is 11.3 Å². The Labute approximate surface area is 119 Å². The summed E-state index contributed by atoms with van der Waals surface area (Å²) in [7, 11) is 0. The fraction of sp³-hybridized carbons (Fsp3) is 0.500. The molecule has 0 saturated carbocycles. The predicted octanol–water partition coefficient (Wildman–Crippen LogP) is 1.31. The van der Waals surface area contributed by atoms with E-state index in [2.05, 4.69) is 45.1 Å². The molecule has 20 heavy (non-hydrogen) atoms. The summed E-state index contributed by atoms with van der Waals surface area (Å²) < 4.78 is 2.12. The highest BCUT2D eigenvalue weighted by molar-refractivity contribution is 5.25. The highest BCUT2D eigenvalue weighted by Crippen LogP contribution is 2.20. The Morgan fingerprint density at radius 1 is 1.35 bits per heavy atom. The summed E-state index contributed by atoms with van der Waals surface area (Å²) in [6.45, 7) is 7.02. The van der Waals surface area contributed by atoms with Gasteiger partial charge in [0.2, 0.25) is 0 Å². The van der Waals surface area contributed by atoms with E-state index in [0.717, 1.165) is 42.2 Å². The molecule has 0 spiro atoms. The molecule has 0 radical (unpaired) electrons. The molecule has 108 valence electrons. The normalized spacial score (nSPS) is 12.6. The lowest BCUT2D eigenvalue weighted by Gasteiger charge is -2.19. The number of aromatic nitrogens is 4. The zero-order valence-electron chi connectivity index (χ0n) is 12.3. The van der Waals surface area contributed by atoms with E-state index in [1.54, 1.807) is 0 Å². The summed E-state index contributed by atoms with van der Waals surface area (Å²) in [6, 6.07) is 2.04. The van der Waals surface area contributed by atoms with Gasteiger partial charge < -0.3 is 4.57 Å². The fourth-order valence-electron chi connectivity index (χ4n) is 2.37. The van der Waals surface area contributed by atoms with Crippen LogP contribution in [0.3, 0.4) is 0 Å². The summed E-state index contributed by atoms with van der Waals surface area (Å²) in [5, 5.41) is 8.38. The highest BCUT2D eigenvalue weighted by atomic mass is 15.2. The third-order valence-corrected chi connectivity index (χ3v) is 3.47. The molecule has 1 unspecified atom stereocenters. The standard InChI is InChI=1S/C14H22N6/c1-4-12-11(8-10(3)18-19-12)13(17-15)9-14-16-6-7-20(14)5-2/h6-8,13,17H,4-5,9,15H2,1-3H3. The van der Waals surface area contributed by atoms with Crippen LogP contribution in [-0.2, 0) is 19.4 Å². The summed E-state index contributed by atoms with van der Waals surface area (Å²) >= 11 is 0. The molecular formula is C14H22N6. The van der Waals surface area contributed by atoms with Crippen molar-refractivity contribution in [3.8, 4) is 0 Å². The molecule has 2 aromatic rings. The quantitative estimate of drug-likeness (QED) is 0.613. The lowest BCUT2D eigenvalue weighted by molar-refractivity contribution is 0.515. The zero-order chi connectivity index (χ0) is 14.5. The van der Waals surface area contributed by atoms with E-state index in [1.807, 2.05) is 19.3 Å². The smallest absolute Gasteiger partial charge is 0.110 e. The third kappa shape index (κ3) is 3.02. The largest absolute Gasteiger partial charge is 0.335 e. The molecule has 0 fully saturated rings. The topological polar surface area (TPSA) is 81.7 Å². The molecule has 0 bridgehead atoms. The first-order valence-electron chi connectivity index (χ1n) is 6.98. The lowest BCUT2D eigenvalue weighted by Crippen LogP contribution is -2.31. The fourth-order valence-corrected chi connectivity index (χ4v) is 2.37. The van der Waals surface area contributed by atoms with Gasteiger partial charge >= 0.3 is 0 Å². The number of nitrogens with two attached hydrogens (primary N) is 1. The van der Waals surface area contributed by atoms with Crippen molar-refractivity contribution in [3.05, 3.63) is 41.2 Å². The third-order valence-electron chi connectivity index (χ3n) is 3.47. The van der Waals surface area contributed by atoms with Crippen LogP contribution in [0, 0.1) is 6.92 Å². The number of rotatable bonds is 6. The highest BCUT2D eigenvalue weighted by Gasteiger charge is 2.18. The first kappa shape index (κ1) is 14.6. The van der Waals surface area contributed by atoms with Crippen molar-refractivity contribution in [2.75, 3.05) is 0 Å². The number of hydrazine groups is 1. The number of nitrogens with zero attached hydrogens (tertiary/aromatic N) is 4. The Balaban J connectivity index is 2.30. The molecule has 0 aliphatic heterocycles. The lowest BCUT2D eigenvalue weighted by atomic mass is 10.0. The second-order valence-electron chi connectivity index (χ2n) is 4.79. The molecule has 6 heteroatoms. The summed E-state index contributed by atoms with van der Waals surface area (Å²) in [6.07, 6.45) is 5.38. The Kier molecular flexibility index (Phi) is 4.81. The molecule has 0 aromatic carbocycles. The maximum atomic E-state index is 5.75. The van der Waals surface area contributed by atoms with Crippen molar-refractivity contribution in [2.24, 2.45) is 5.84 Å². The Hall–Kier alpha value is -1.79. The summed E-state index contributed by atoms with van der Waals surface area (Å²) in [5.41, 5.74) is 5.87. The van der Waals surface area contributed by atoms with Gasteiger partial charge in [-0.25, -0.2) is 4.98 Å². The number of hydrogen-bond acceptors (Lipinski definition) is 5. The average Bonchev–Trinajstić information content (AvgIpc) is 2.91. The van der Waals surface area contributed by atoms with E-state index in [1.165, 1.54) is 0 Å². The molecule has 0 saturated heterocycles. The van der Waals surface area contributed by atoms with Crippen molar-refractivity contribution in [3.63, 3.8) is 0 Å². The van der Waals surface area contributed by atoms with E-state index in [0.29, 0.717) is 0 Å². The van der Waals surface area contributed by atoms with E-state index in [9.17, 15) is 0 Å². The van der Waals surface area contributed by atoms with Gasteiger partial charge in [-0.1, -0.05) is 6.92 Å². The molecule has 2 aromatic heterocycles. The summed E-state index contributed by atoms with van der Waals surface area (Å²) in [5.74, 6) is 6.77. The molecule has 3 N–H and O–H groups in total. The van der Waals surface area contributed by atoms with Crippen molar-refractivity contribution >= 4 is 0 Å². The number of hydrogen-bond donors (Lipinski definition) is 2. The van der Waals surface area contributed by atoms with E-state index >= 15 is 0 Å². The molecule has 0 amide bonds. The molecule has 2 rings (SSSR count). The monoisotopic (exact) mass is 274 g/mol. The minimum absolute atomic E-state index is 0.00755. The Morgan fingerprint density at radius 3 is 2.80 bits per heavy atom. The zero-order valence-corrected chi connectivity index (χ0v) is 12.3. The van der Waals surface area contributed by atoms with Gasteiger partial charge in [0.05, 0.1) is 17.4 Å². The van der Waals surface area contributed by atoms with Crippen molar-refractivity contribution < 1.29 is 0 Å². The molecule has 1 atom stereocenters. The van der Waals surface area contributed by atoms with Gasteiger partial charge in [0, 0.05) is 25.4 Å². The van der Waals surface area contributed by atoms with Crippen LogP contribution in [0.5, 0.6) is 0 Å². The van der Waals surface area contributed by atoms with Gasteiger partial charge in [0.1, 0.15) is 5.82 Å². The maximum absolute atomic E-state index is 5.75. The van der Waals surface area contributed by atoms with Gasteiger partial charge in [0.15, 0.2) is 0 Å². The minimum atomic E-state index is -0.00755. The van der Waals surface area contributed by atoms with E-state index in [4.69, 9.17) is 5.84 Å². The minimum Gasteiger partial charge on any atom is -0.335 e. The van der Waals surface area contributed by atoms with Crippen molar-refractivity contribution in [1.29, 1.82) is 0 Å². The molecule has 0 aliphatic rings. The van der Waals surface area contributed by atoms with Crippen LogP contribution >= 0.6 is 0 Å². The first-order valence-corrected chi connectivity index (χ1v) is 6.98. The van der Waals surface area contributed by atoms with Crippen molar-refractivity contribution in [2.45, 2.75) is 46.2 Å². The maximum Gasteiger partial charge on any atom is 0.110 e. The molecule has 6 nitrogen and oxygen atoms in total. The van der Waals surface area contributed by atoms with Gasteiger partial charge in [0.25, 0.3) is 0 Å². The van der Waals surface area contributed by atoms with Crippen molar-refractivity contribution in [1.82, 2.24) is 25.2 Å². The van der Waals surface area contributed by atoms with Gasteiger partial charge in [-0.15, -0.1) is 0 Å². The number of imidazole rings is 1. The Morgan fingerprint density at radius 2 is 2.15 bits per heavy atom. The first-order chi connectivity index (χ1) is 9.69. The van der Waals surface area contributed by atoms with Crippen LogP contribution in [0.15, 0.2) is 18.5 Å². The number of aryl methyl sites for hydroxylation is 3. The molecule has 0 aliphatic carbocycles. The predicted molar refractivity (Wildman–Crippen MR) is 77.8 cm³/mol. The summed E-state index contributed by atoms with van der Waals surface area (Å²) in [4.78, 5) is 4.41. The van der Waals surface area contributed by atoms with Crippen LogP contribution in [0.1, 0.15) is 42.7 Å². The van der Waals surface area contributed by atoms with Crippen LogP contribution in [0.25, 0.3) is 0 Å². The SMILES string of the molecule is CCc1nnc(C)cc1C(Cc1nccn1CC)NN. The van der Waals surface area contributed by atoms with Crippen LogP contribution in [-0.4, -0.2) is 19.7 Å². The van der Waals surface area contributed by atoms with Gasteiger partial charge in [-0.2, -0.15) is 10.2 Å². The van der Waals surface area contributed by atoms with Gasteiger partial charge in [-0.3, -0.25) is 11.3 Å². The molecular weight excluding hydrogens is 252 g/mol. The second-order valence-corrected chi connectivity index (χ2v) is 4.79. The van der Waals surface area contributed by atoms with Gasteiger partial charge in [-0.05, 0) is 31.9 Å². The van der Waals surface area contributed by atoms with E-state index in [-0.39, 0.29) is 6.04 Å². The van der Waals surface area contributed by atoms with Crippen LogP contribution in [0.4, 0.5) is 0 Å². The molecule has 2 heterocycles. The Bertz CT molecular complexity index is 563. The second kappa shape index (κ2) is 6.58. The average molecular weight is 274 g/mol. The number of nitrogens with one attached hydrogen (secondary N) is 1.